The van der Waals surface area contributed by atoms with E-state index in [1.807, 2.05) is 6.92 Å². The molecule has 3 rings (SSSR count). The number of nitrogens with one attached hydrogen (secondary N) is 2. The highest BCUT2D eigenvalue weighted by Gasteiger charge is 2.17. The lowest BCUT2D eigenvalue weighted by molar-refractivity contribution is 0.0954. The van der Waals surface area contributed by atoms with Crippen molar-refractivity contribution in [3.63, 3.8) is 0 Å². The van der Waals surface area contributed by atoms with Crippen molar-refractivity contribution in [3.8, 4) is 17.2 Å². The Morgan fingerprint density at radius 2 is 1.51 bits per heavy atom. The fourth-order valence-corrected chi connectivity index (χ4v) is 3.28. The lowest BCUT2D eigenvalue weighted by Gasteiger charge is -2.23. The van der Waals surface area contributed by atoms with Gasteiger partial charge < -0.3 is 24.8 Å². The van der Waals surface area contributed by atoms with Crippen molar-refractivity contribution in [1.82, 2.24) is 5.32 Å². The molecule has 0 atom stereocenters. The minimum atomic E-state index is -0.432. The van der Waals surface area contributed by atoms with E-state index in [4.69, 9.17) is 14.2 Å². The van der Waals surface area contributed by atoms with Gasteiger partial charge in [0, 0.05) is 36.1 Å². The molecule has 0 aliphatic rings. The largest absolute Gasteiger partial charge is 0.497 e. The molecule has 2 N–H and O–H groups in total. The second-order valence-corrected chi connectivity index (χ2v) is 7.37. The summed E-state index contributed by atoms with van der Waals surface area (Å²) in [5.41, 5.74) is 1.40. The molecule has 0 bridgehead atoms. The summed E-state index contributed by atoms with van der Waals surface area (Å²) < 4.78 is 29.3. The number of rotatable bonds is 10. The maximum atomic E-state index is 13.5. The van der Waals surface area contributed by atoms with Gasteiger partial charge in [-0.3, -0.25) is 9.69 Å². The highest BCUT2D eigenvalue weighted by Crippen LogP contribution is 2.23. The van der Waals surface area contributed by atoms with Gasteiger partial charge in [-0.1, -0.05) is 0 Å². The number of anilines is 2. The Morgan fingerprint density at radius 1 is 0.886 bits per heavy atom. The van der Waals surface area contributed by atoms with Crippen LogP contribution in [0.1, 0.15) is 17.3 Å². The Morgan fingerprint density at radius 3 is 2.09 bits per heavy atom. The van der Waals surface area contributed by atoms with Crippen LogP contribution in [-0.2, 0) is 0 Å². The Labute approximate surface area is 203 Å². The third-order valence-electron chi connectivity index (χ3n) is 5.03. The van der Waals surface area contributed by atoms with Crippen molar-refractivity contribution in [2.24, 2.45) is 0 Å². The molecule has 0 aliphatic heterocycles. The van der Waals surface area contributed by atoms with Gasteiger partial charge in [0.25, 0.3) is 5.91 Å². The molecule has 3 aromatic rings. The molecule has 9 heteroatoms. The molecule has 3 aromatic carbocycles. The molecule has 8 nitrogen and oxygen atoms in total. The summed E-state index contributed by atoms with van der Waals surface area (Å²) in [4.78, 5) is 27.2. The first-order valence-electron chi connectivity index (χ1n) is 11.0. The molecule has 0 aromatic heterocycles. The number of hydrogen-bond acceptors (Lipinski definition) is 5. The molecule has 0 radical (unpaired) electrons. The van der Waals surface area contributed by atoms with E-state index in [0.29, 0.717) is 40.8 Å². The number of hydrogen-bond donors (Lipinski definition) is 2. The third-order valence-corrected chi connectivity index (χ3v) is 5.03. The van der Waals surface area contributed by atoms with Gasteiger partial charge in [-0.05, 0) is 67.6 Å². The van der Waals surface area contributed by atoms with Crippen molar-refractivity contribution in [1.29, 1.82) is 0 Å². The van der Waals surface area contributed by atoms with Gasteiger partial charge in [-0.15, -0.1) is 0 Å². The normalized spacial score (nSPS) is 10.3. The second kappa shape index (κ2) is 12.3. The fraction of sp³-hybridized carbons (Fsp3) is 0.231. The molecule has 0 spiro atoms. The van der Waals surface area contributed by atoms with Crippen LogP contribution in [0.5, 0.6) is 17.2 Å². The monoisotopic (exact) mass is 481 g/mol. The minimum absolute atomic E-state index is 0.140. The van der Waals surface area contributed by atoms with Crippen LogP contribution in [0.25, 0.3) is 0 Å². The summed E-state index contributed by atoms with van der Waals surface area (Å²) in [6.07, 6.45) is 0. The van der Waals surface area contributed by atoms with Crippen LogP contribution in [0, 0.1) is 5.82 Å². The lowest BCUT2D eigenvalue weighted by Crippen LogP contribution is -2.41. The molecule has 0 unspecified atom stereocenters. The maximum absolute atomic E-state index is 13.5. The summed E-state index contributed by atoms with van der Waals surface area (Å²) in [6.45, 7) is 2.71. The quantitative estimate of drug-likeness (QED) is 0.438. The van der Waals surface area contributed by atoms with Crippen LogP contribution in [0.2, 0.25) is 0 Å². The summed E-state index contributed by atoms with van der Waals surface area (Å²) in [5.74, 6) is 0.890. The number of methoxy groups -OCH3 is 2. The molecule has 0 saturated heterocycles. The molecule has 184 valence electrons. The molecule has 0 heterocycles. The summed E-state index contributed by atoms with van der Waals surface area (Å²) >= 11 is 0. The van der Waals surface area contributed by atoms with E-state index in [0.717, 1.165) is 0 Å². The molecule has 0 fully saturated rings. The van der Waals surface area contributed by atoms with Gasteiger partial charge in [0.15, 0.2) is 0 Å². The van der Waals surface area contributed by atoms with Crippen LogP contribution in [0.3, 0.4) is 0 Å². The zero-order valence-corrected chi connectivity index (χ0v) is 19.8. The predicted octanol–water partition coefficient (Wildman–Crippen LogP) is 4.71. The third kappa shape index (κ3) is 7.10. The molecule has 0 saturated carbocycles. The Bertz CT molecular complexity index is 1110. The first-order valence-corrected chi connectivity index (χ1v) is 11.0. The van der Waals surface area contributed by atoms with Crippen molar-refractivity contribution < 1.29 is 28.2 Å². The topological polar surface area (TPSA) is 89.1 Å². The van der Waals surface area contributed by atoms with Crippen molar-refractivity contribution >= 4 is 23.3 Å². The van der Waals surface area contributed by atoms with Crippen LogP contribution in [0.4, 0.5) is 20.6 Å². The van der Waals surface area contributed by atoms with Crippen LogP contribution in [0.15, 0.2) is 66.7 Å². The number of halogens is 1. The number of benzene rings is 3. The smallest absolute Gasteiger partial charge is 0.326 e. The van der Waals surface area contributed by atoms with Crippen LogP contribution < -0.4 is 29.7 Å². The SMILES string of the molecule is CCOc1ccc(NC(=O)N(CCNC(=O)c2cc(OC)cc(OC)c2)c2ccc(F)cc2)cc1. The Kier molecular flexibility index (Phi) is 8.89. The van der Waals surface area contributed by atoms with E-state index >= 15 is 0 Å². The average Bonchev–Trinajstić information content (AvgIpc) is 2.88. The van der Waals surface area contributed by atoms with E-state index < -0.39 is 11.8 Å². The first-order chi connectivity index (χ1) is 16.9. The van der Waals surface area contributed by atoms with Crippen molar-refractivity contribution in [3.05, 3.63) is 78.1 Å². The highest BCUT2D eigenvalue weighted by atomic mass is 19.1. The van der Waals surface area contributed by atoms with Crippen molar-refractivity contribution in [2.75, 3.05) is 44.1 Å². The zero-order chi connectivity index (χ0) is 25.2. The van der Waals surface area contributed by atoms with Gasteiger partial charge in [0.2, 0.25) is 0 Å². The number of amides is 3. The second-order valence-electron chi connectivity index (χ2n) is 7.37. The molecular formula is C26H28FN3O5. The Balaban J connectivity index is 1.70. The van der Waals surface area contributed by atoms with Gasteiger partial charge in [0.05, 0.1) is 20.8 Å². The summed E-state index contributed by atoms with van der Waals surface area (Å²) in [7, 11) is 3.00. The minimum Gasteiger partial charge on any atom is -0.497 e. The lowest BCUT2D eigenvalue weighted by atomic mass is 10.2. The highest BCUT2D eigenvalue weighted by molar-refractivity contribution is 6.02. The standard InChI is InChI=1S/C26H28FN3O5/c1-4-35-22-11-7-20(8-12-22)29-26(32)30(21-9-5-19(27)6-10-21)14-13-28-25(31)18-15-23(33-2)17-24(16-18)34-3/h5-12,15-17H,4,13-14H2,1-3H3,(H,28,31)(H,29,32). The molecule has 35 heavy (non-hydrogen) atoms. The van der Waals surface area contributed by atoms with E-state index in [1.54, 1.807) is 42.5 Å². The summed E-state index contributed by atoms with van der Waals surface area (Å²) in [5, 5.41) is 5.61. The predicted molar refractivity (Wildman–Crippen MR) is 132 cm³/mol. The van der Waals surface area contributed by atoms with Gasteiger partial charge in [0.1, 0.15) is 23.1 Å². The van der Waals surface area contributed by atoms with Crippen molar-refractivity contribution in [2.45, 2.75) is 6.92 Å². The fourth-order valence-electron chi connectivity index (χ4n) is 3.28. The van der Waals surface area contributed by atoms with Gasteiger partial charge in [-0.25, -0.2) is 9.18 Å². The number of carbonyl (C=O) groups excluding carboxylic acids is 2. The molecular weight excluding hydrogens is 453 g/mol. The van der Waals surface area contributed by atoms with Crippen LogP contribution >= 0.6 is 0 Å². The average molecular weight is 482 g/mol. The molecule has 0 aliphatic carbocycles. The van der Waals surface area contributed by atoms with E-state index in [9.17, 15) is 14.0 Å². The number of ether oxygens (including phenoxy) is 3. The van der Waals surface area contributed by atoms with E-state index in [2.05, 4.69) is 10.6 Å². The summed E-state index contributed by atoms with van der Waals surface area (Å²) in [6, 6.07) is 16.9. The zero-order valence-electron chi connectivity index (χ0n) is 19.8. The Hall–Kier alpha value is -4.27. The van der Waals surface area contributed by atoms with Gasteiger partial charge >= 0.3 is 6.03 Å². The maximum Gasteiger partial charge on any atom is 0.326 e. The van der Waals surface area contributed by atoms with E-state index in [1.165, 1.54) is 43.4 Å². The first kappa shape index (κ1) is 25.4. The molecule has 3 amide bonds. The number of nitrogens with zero attached hydrogens (tertiary/aromatic N) is 1. The van der Waals surface area contributed by atoms with Gasteiger partial charge in [-0.2, -0.15) is 0 Å². The van der Waals surface area contributed by atoms with Crippen LogP contribution in [-0.4, -0.2) is 45.9 Å². The number of carbonyl (C=O) groups is 2. The van der Waals surface area contributed by atoms with E-state index in [-0.39, 0.29) is 19.0 Å². The number of urea groups is 1.